The fraction of sp³-hybridized carbons (Fsp3) is 0.385. The van der Waals surface area contributed by atoms with E-state index in [9.17, 15) is 18.0 Å². The molecule has 1 aliphatic rings. The van der Waals surface area contributed by atoms with E-state index in [-0.39, 0.29) is 28.7 Å². The highest BCUT2D eigenvalue weighted by Gasteiger charge is 2.24. The monoisotopic (exact) mass is 311 g/mol. The van der Waals surface area contributed by atoms with Crippen molar-refractivity contribution in [3.05, 3.63) is 29.3 Å². The van der Waals surface area contributed by atoms with Gasteiger partial charge in [-0.15, -0.1) is 0 Å². The molecule has 1 fully saturated rings. The Labute approximate surface area is 122 Å². The van der Waals surface area contributed by atoms with E-state index in [2.05, 4.69) is 5.32 Å². The number of sulfone groups is 1. The summed E-state index contributed by atoms with van der Waals surface area (Å²) in [5.41, 5.74) is 11.2. The lowest BCUT2D eigenvalue weighted by atomic mass is 10.1. The van der Waals surface area contributed by atoms with Gasteiger partial charge in [0.05, 0.1) is 11.5 Å². The molecule has 5 N–H and O–H groups in total. The number of anilines is 1. The van der Waals surface area contributed by atoms with Gasteiger partial charge in [-0.3, -0.25) is 9.59 Å². The maximum Gasteiger partial charge on any atom is 0.248 e. The van der Waals surface area contributed by atoms with Gasteiger partial charge in [-0.2, -0.15) is 0 Å². The lowest BCUT2D eigenvalue weighted by Gasteiger charge is -2.24. The van der Waals surface area contributed by atoms with Crippen molar-refractivity contribution in [3.8, 4) is 0 Å². The molecule has 0 aliphatic carbocycles. The number of carbonyl (C=O) groups excluding carboxylic acids is 2. The molecule has 2 rings (SSSR count). The Kier molecular flexibility index (Phi) is 4.17. The van der Waals surface area contributed by atoms with Crippen LogP contribution in [-0.4, -0.2) is 37.8 Å². The third kappa shape index (κ3) is 3.94. The molecule has 114 valence electrons. The maximum atomic E-state index is 11.6. The molecule has 1 aromatic carbocycles. The van der Waals surface area contributed by atoms with Crippen molar-refractivity contribution in [1.29, 1.82) is 0 Å². The van der Waals surface area contributed by atoms with E-state index in [1.165, 1.54) is 18.2 Å². The molecular formula is C13H17N3O4S. The number of rotatable bonds is 4. The summed E-state index contributed by atoms with van der Waals surface area (Å²) in [6, 6.07) is 4.02. The first-order valence-corrected chi connectivity index (χ1v) is 8.30. The van der Waals surface area contributed by atoms with Crippen LogP contribution in [-0.2, 0) is 9.84 Å². The van der Waals surface area contributed by atoms with E-state index in [4.69, 9.17) is 11.5 Å². The van der Waals surface area contributed by atoms with Crippen LogP contribution in [0.5, 0.6) is 0 Å². The average Bonchev–Trinajstić information content (AvgIpc) is 2.36. The van der Waals surface area contributed by atoms with Crippen molar-refractivity contribution in [2.45, 2.75) is 18.9 Å². The molecule has 1 atom stereocenters. The summed E-state index contributed by atoms with van der Waals surface area (Å²) in [5, 5.41) is 3.03. The lowest BCUT2D eigenvalue weighted by molar-refractivity contribution is 0.0999. The summed E-state index contributed by atoms with van der Waals surface area (Å²) in [5.74, 6) is -1.14. The topological polar surface area (TPSA) is 132 Å². The predicted octanol–water partition coefficient (Wildman–Crippen LogP) is -0.126. The normalized spacial score (nSPS) is 20.7. The molecule has 1 heterocycles. The van der Waals surface area contributed by atoms with E-state index < -0.39 is 21.7 Å². The molecule has 0 bridgehead atoms. The molecule has 1 aliphatic heterocycles. The van der Waals surface area contributed by atoms with E-state index in [0.717, 1.165) is 0 Å². The van der Waals surface area contributed by atoms with E-state index in [0.29, 0.717) is 18.5 Å². The number of primary amides is 2. The Morgan fingerprint density at radius 2 is 1.67 bits per heavy atom. The summed E-state index contributed by atoms with van der Waals surface area (Å²) in [6.45, 7) is 0. The van der Waals surface area contributed by atoms with Gasteiger partial charge in [0.15, 0.2) is 9.84 Å². The first kappa shape index (κ1) is 15.3. The summed E-state index contributed by atoms with van der Waals surface area (Å²) in [4.78, 5) is 22.5. The molecule has 8 heteroatoms. The molecule has 21 heavy (non-hydrogen) atoms. The number of amides is 2. The van der Waals surface area contributed by atoms with Crippen molar-refractivity contribution < 1.29 is 18.0 Å². The van der Waals surface area contributed by atoms with Crippen LogP contribution in [0.25, 0.3) is 0 Å². The molecule has 1 saturated heterocycles. The zero-order valence-electron chi connectivity index (χ0n) is 11.3. The quantitative estimate of drug-likeness (QED) is 0.712. The highest BCUT2D eigenvalue weighted by atomic mass is 32.2. The molecule has 0 spiro atoms. The minimum absolute atomic E-state index is 0.0275. The molecule has 0 aromatic heterocycles. The number of hydrogen-bond donors (Lipinski definition) is 3. The van der Waals surface area contributed by atoms with Crippen LogP contribution < -0.4 is 16.8 Å². The summed E-state index contributed by atoms with van der Waals surface area (Å²) < 4.78 is 23.2. The van der Waals surface area contributed by atoms with Gasteiger partial charge in [0.2, 0.25) is 11.8 Å². The van der Waals surface area contributed by atoms with Crippen molar-refractivity contribution in [1.82, 2.24) is 0 Å². The first-order valence-electron chi connectivity index (χ1n) is 6.48. The third-order valence-electron chi connectivity index (χ3n) is 3.34. The van der Waals surface area contributed by atoms with Crippen LogP contribution in [0, 0.1) is 0 Å². The fourth-order valence-corrected chi connectivity index (χ4v) is 4.00. The van der Waals surface area contributed by atoms with Crippen LogP contribution in [0.2, 0.25) is 0 Å². The van der Waals surface area contributed by atoms with Gasteiger partial charge in [0.1, 0.15) is 0 Å². The Bertz CT molecular complexity index is 652. The highest BCUT2D eigenvalue weighted by Crippen LogP contribution is 2.20. The minimum Gasteiger partial charge on any atom is -0.381 e. The Morgan fingerprint density at radius 1 is 1.10 bits per heavy atom. The molecule has 1 unspecified atom stereocenters. The molecule has 1 aromatic rings. The SMILES string of the molecule is NC(=O)c1cc(NC2CCCS(=O)(=O)C2)cc(C(N)=O)c1. The van der Waals surface area contributed by atoms with Crippen LogP contribution >= 0.6 is 0 Å². The van der Waals surface area contributed by atoms with Crippen LogP contribution in [0.3, 0.4) is 0 Å². The standard InChI is InChI=1S/C13H17N3O4S/c14-12(17)8-4-9(13(15)18)6-11(5-8)16-10-2-1-3-21(19,20)7-10/h4-6,10,16H,1-3,7H2,(H2,14,17)(H2,15,18). The van der Waals surface area contributed by atoms with Crippen LogP contribution in [0.15, 0.2) is 18.2 Å². The number of benzene rings is 1. The first-order chi connectivity index (χ1) is 9.77. The van der Waals surface area contributed by atoms with E-state index in [1.807, 2.05) is 0 Å². The fourth-order valence-electron chi connectivity index (χ4n) is 2.37. The predicted molar refractivity (Wildman–Crippen MR) is 78.8 cm³/mol. The second kappa shape index (κ2) is 5.72. The second-order valence-corrected chi connectivity index (χ2v) is 7.35. The van der Waals surface area contributed by atoms with Crippen molar-refractivity contribution >= 4 is 27.3 Å². The molecule has 0 radical (unpaired) electrons. The van der Waals surface area contributed by atoms with Gasteiger partial charge in [-0.05, 0) is 31.0 Å². The van der Waals surface area contributed by atoms with Gasteiger partial charge in [-0.25, -0.2) is 8.42 Å². The summed E-state index contributed by atoms with van der Waals surface area (Å²) in [7, 11) is -3.05. The Hall–Kier alpha value is -2.09. The van der Waals surface area contributed by atoms with Crippen molar-refractivity contribution in [3.63, 3.8) is 0 Å². The van der Waals surface area contributed by atoms with E-state index in [1.54, 1.807) is 0 Å². The van der Waals surface area contributed by atoms with Gasteiger partial charge >= 0.3 is 0 Å². The Morgan fingerprint density at radius 3 is 2.14 bits per heavy atom. The summed E-state index contributed by atoms with van der Waals surface area (Å²) >= 11 is 0. The zero-order valence-corrected chi connectivity index (χ0v) is 12.2. The smallest absolute Gasteiger partial charge is 0.248 e. The minimum atomic E-state index is -3.05. The van der Waals surface area contributed by atoms with Gasteiger partial charge in [0.25, 0.3) is 0 Å². The number of hydrogen-bond acceptors (Lipinski definition) is 5. The number of nitrogens with two attached hydrogens (primary N) is 2. The molecule has 2 amide bonds. The van der Waals surface area contributed by atoms with Gasteiger partial charge in [0, 0.05) is 22.9 Å². The number of carbonyl (C=O) groups is 2. The maximum absolute atomic E-state index is 11.6. The highest BCUT2D eigenvalue weighted by molar-refractivity contribution is 7.91. The van der Waals surface area contributed by atoms with Gasteiger partial charge < -0.3 is 16.8 Å². The Balaban J connectivity index is 2.26. The van der Waals surface area contributed by atoms with Crippen LogP contribution in [0.1, 0.15) is 33.6 Å². The summed E-state index contributed by atoms with van der Waals surface area (Å²) in [6.07, 6.45) is 1.28. The largest absolute Gasteiger partial charge is 0.381 e. The zero-order chi connectivity index (χ0) is 15.6. The second-order valence-electron chi connectivity index (χ2n) is 5.13. The number of nitrogens with one attached hydrogen (secondary N) is 1. The molecule has 0 saturated carbocycles. The van der Waals surface area contributed by atoms with Crippen LogP contribution in [0.4, 0.5) is 5.69 Å². The average molecular weight is 311 g/mol. The van der Waals surface area contributed by atoms with Crippen molar-refractivity contribution in [2.75, 3.05) is 16.8 Å². The molecular weight excluding hydrogens is 294 g/mol. The van der Waals surface area contributed by atoms with E-state index >= 15 is 0 Å². The lowest BCUT2D eigenvalue weighted by Crippen LogP contribution is -2.35. The van der Waals surface area contributed by atoms with Gasteiger partial charge in [-0.1, -0.05) is 0 Å². The molecule has 7 nitrogen and oxygen atoms in total. The third-order valence-corrected chi connectivity index (χ3v) is 5.16. The van der Waals surface area contributed by atoms with Crippen molar-refractivity contribution in [2.24, 2.45) is 11.5 Å².